The van der Waals surface area contributed by atoms with Crippen LogP contribution in [0.15, 0.2) is 0 Å². The minimum absolute atomic E-state index is 0.198. The van der Waals surface area contributed by atoms with Crippen molar-refractivity contribution in [3.8, 4) is 6.07 Å². The summed E-state index contributed by atoms with van der Waals surface area (Å²) in [4.78, 5) is 21.5. The lowest BCUT2D eigenvalue weighted by molar-refractivity contribution is -0.144. The van der Waals surface area contributed by atoms with Crippen molar-refractivity contribution in [1.82, 2.24) is 9.78 Å². The molecule has 8 nitrogen and oxygen atoms in total. The lowest BCUT2D eigenvalue weighted by Crippen LogP contribution is -2.32. The largest absolute Gasteiger partial charge is 0.481 e. The second kappa shape index (κ2) is 5.18. The maximum absolute atomic E-state index is 10.9. The Kier molecular flexibility index (Phi) is 3.89. The van der Waals surface area contributed by atoms with Gasteiger partial charge in [-0.2, -0.15) is 10.4 Å². The van der Waals surface area contributed by atoms with E-state index in [4.69, 9.17) is 15.5 Å². The van der Waals surface area contributed by atoms with Crippen LogP contribution in [0.1, 0.15) is 17.7 Å². The molecular formula is C10H12N4O4. The molecule has 1 aromatic heterocycles. The number of aromatic nitrogens is 2. The van der Waals surface area contributed by atoms with Gasteiger partial charge in [0.05, 0.1) is 12.1 Å². The van der Waals surface area contributed by atoms with Crippen LogP contribution in [0.5, 0.6) is 0 Å². The Morgan fingerprint density at radius 1 is 1.56 bits per heavy atom. The highest BCUT2D eigenvalue weighted by Gasteiger charge is 2.24. The second-order valence-electron chi connectivity index (χ2n) is 3.68. The van der Waals surface area contributed by atoms with Gasteiger partial charge in [0.25, 0.3) is 0 Å². The van der Waals surface area contributed by atoms with Gasteiger partial charge in [-0.25, -0.2) is 4.79 Å². The first kappa shape index (κ1) is 13.5. The predicted octanol–water partition coefficient (Wildman–Crippen LogP) is -0.0600. The summed E-state index contributed by atoms with van der Waals surface area (Å²) in [7, 11) is 1.54. The highest BCUT2D eigenvalue weighted by Crippen LogP contribution is 2.19. The van der Waals surface area contributed by atoms with Crippen LogP contribution >= 0.6 is 0 Å². The summed E-state index contributed by atoms with van der Waals surface area (Å²) < 4.78 is 1.31. The number of carboxylic acid groups (broad SMARTS) is 2. The Morgan fingerprint density at radius 2 is 2.17 bits per heavy atom. The standard InChI is InChI=1S/C10H12N4O4/c1-5-6(4-11)9(14(2)13-5)12-7(10(17)18)3-8(15)16/h7,12H,3H2,1-2H3,(H,15,16)(H,17,18). The maximum Gasteiger partial charge on any atom is 0.326 e. The Bertz CT molecular complexity index is 529. The zero-order valence-corrected chi connectivity index (χ0v) is 9.84. The normalized spacial score (nSPS) is 11.6. The molecule has 0 saturated carbocycles. The van der Waals surface area contributed by atoms with Crippen LogP contribution in [-0.4, -0.2) is 38.0 Å². The molecule has 0 radical (unpaired) electrons. The van der Waals surface area contributed by atoms with Crippen LogP contribution in [0.4, 0.5) is 5.82 Å². The van der Waals surface area contributed by atoms with E-state index in [1.807, 2.05) is 6.07 Å². The van der Waals surface area contributed by atoms with Gasteiger partial charge in [-0.05, 0) is 6.92 Å². The number of hydrogen-bond acceptors (Lipinski definition) is 5. The predicted molar refractivity (Wildman–Crippen MR) is 60.0 cm³/mol. The Morgan fingerprint density at radius 3 is 2.61 bits per heavy atom. The van der Waals surface area contributed by atoms with Gasteiger partial charge in [0.1, 0.15) is 23.5 Å². The summed E-state index contributed by atoms with van der Waals surface area (Å²) in [6, 6.07) is 0.581. The molecule has 0 amide bonds. The molecule has 0 saturated heterocycles. The van der Waals surface area contributed by atoms with Crippen LogP contribution in [0, 0.1) is 18.3 Å². The van der Waals surface area contributed by atoms with E-state index >= 15 is 0 Å². The first-order chi connectivity index (χ1) is 8.36. The van der Waals surface area contributed by atoms with Gasteiger partial charge in [0, 0.05) is 7.05 Å². The van der Waals surface area contributed by atoms with Gasteiger partial charge in [-0.3, -0.25) is 9.48 Å². The van der Waals surface area contributed by atoms with E-state index in [9.17, 15) is 9.59 Å². The summed E-state index contributed by atoms with van der Waals surface area (Å²) >= 11 is 0. The van der Waals surface area contributed by atoms with Crippen LogP contribution in [0.25, 0.3) is 0 Å². The minimum Gasteiger partial charge on any atom is -0.481 e. The number of nitrogens with zero attached hydrogens (tertiary/aromatic N) is 3. The fourth-order valence-electron chi connectivity index (χ4n) is 1.50. The lowest BCUT2D eigenvalue weighted by atomic mass is 10.2. The fourth-order valence-corrected chi connectivity index (χ4v) is 1.50. The summed E-state index contributed by atoms with van der Waals surface area (Å²) in [5, 5.41) is 32.9. The molecule has 3 N–H and O–H groups in total. The van der Waals surface area contributed by atoms with Gasteiger partial charge < -0.3 is 15.5 Å². The van der Waals surface area contributed by atoms with Crippen molar-refractivity contribution in [3.63, 3.8) is 0 Å². The van der Waals surface area contributed by atoms with E-state index < -0.39 is 24.4 Å². The van der Waals surface area contributed by atoms with E-state index in [0.717, 1.165) is 0 Å². The molecule has 18 heavy (non-hydrogen) atoms. The summed E-state index contributed by atoms with van der Waals surface area (Å²) in [5.41, 5.74) is 0.649. The molecule has 1 heterocycles. The quantitative estimate of drug-likeness (QED) is 0.669. The van der Waals surface area contributed by atoms with Crippen LogP contribution < -0.4 is 5.32 Å². The number of nitrogens with one attached hydrogen (secondary N) is 1. The monoisotopic (exact) mass is 252 g/mol. The number of rotatable bonds is 5. The molecule has 0 fully saturated rings. The van der Waals surface area contributed by atoms with Gasteiger partial charge >= 0.3 is 11.9 Å². The molecule has 0 bridgehead atoms. The highest BCUT2D eigenvalue weighted by atomic mass is 16.4. The molecule has 0 aliphatic rings. The van der Waals surface area contributed by atoms with E-state index in [-0.39, 0.29) is 11.4 Å². The number of carbonyl (C=O) groups is 2. The van der Waals surface area contributed by atoms with E-state index in [1.54, 1.807) is 6.92 Å². The van der Waals surface area contributed by atoms with Gasteiger partial charge in [0.15, 0.2) is 0 Å². The van der Waals surface area contributed by atoms with Gasteiger partial charge in [-0.15, -0.1) is 0 Å². The van der Waals surface area contributed by atoms with Crippen LogP contribution in [0.3, 0.4) is 0 Å². The zero-order chi connectivity index (χ0) is 13.9. The molecule has 0 aliphatic carbocycles. The van der Waals surface area contributed by atoms with Crippen molar-refractivity contribution >= 4 is 17.8 Å². The number of aryl methyl sites for hydroxylation is 2. The molecule has 0 aromatic carbocycles. The van der Waals surface area contributed by atoms with Crippen molar-refractivity contribution in [2.45, 2.75) is 19.4 Å². The third-order valence-electron chi connectivity index (χ3n) is 2.32. The number of carboxylic acids is 2. The highest BCUT2D eigenvalue weighted by molar-refractivity contribution is 5.83. The maximum atomic E-state index is 10.9. The van der Waals surface area contributed by atoms with Crippen LogP contribution in [-0.2, 0) is 16.6 Å². The third kappa shape index (κ3) is 2.76. The molecule has 0 aliphatic heterocycles. The van der Waals surface area contributed by atoms with E-state index in [0.29, 0.717) is 5.69 Å². The fraction of sp³-hybridized carbons (Fsp3) is 0.400. The third-order valence-corrected chi connectivity index (χ3v) is 2.32. The zero-order valence-electron chi connectivity index (χ0n) is 9.84. The van der Waals surface area contributed by atoms with Crippen molar-refractivity contribution in [3.05, 3.63) is 11.3 Å². The van der Waals surface area contributed by atoms with Gasteiger partial charge in [0.2, 0.25) is 0 Å². The molecule has 1 atom stereocenters. The Hall–Kier alpha value is -2.56. The second-order valence-corrected chi connectivity index (χ2v) is 3.68. The molecule has 1 aromatic rings. The topological polar surface area (TPSA) is 128 Å². The number of aliphatic carboxylic acids is 2. The Balaban J connectivity index is 3.05. The minimum atomic E-state index is -1.32. The molecule has 8 heteroatoms. The lowest BCUT2D eigenvalue weighted by Gasteiger charge is -2.13. The van der Waals surface area contributed by atoms with Crippen molar-refractivity contribution in [2.24, 2.45) is 7.05 Å². The van der Waals surface area contributed by atoms with Crippen molar-refractivity contribution in [1.29, 1.82) is 5.26 Å². The molecule has 1 rings (SSSR count). The average Bonchev–Trinajstić information content (AvgIpc) is 2.51. The molecule has 96 valence electrons. The first-order valence-electron chi connectivity index (χ1n) is 5.01. The van der Waals surface area contributed by atoms with Crippen molar-refractivity contribution < 1.29 is 19.8 Å². The van der Waals surface area contributed by atoms with E-state index in [2.05, 4.69) is 10.4 Å². The number of hydrogen-bond donors (Lipinski definition) is 3. The average molecular weight is 252 g/mol. The number of nitriles is 1. The summed E-state index contributed by atoms with van der Waals surface area (Å²) in [6.07, 6.45) is -0.593. The summed E-state index contributed by atoms with van der Waals surface area (Å²) in [5.74, 6) is -2.35. The molecule has 0 spiro atoms. The van der Waals surface area contributed by atoms with Gasteiger partial charge in [-0.1, -0.05) is 0 Å². The van der Waals surface area contributed by atoms with Crippen molar-refractivity contribution in [2.75, 3.05) is 5.32 Å². The summed E-state index contributed by atoms with van der Waals surface area (Å²) in [6.45, 7) is 1.61. The smallest absolute Gasteiger partial charge is 0.326 e. The SMILES string of the molecule is Cc1nn(C)c(NC(CC(=O)O)C(=O)O)c1C#N. The number of anilines is 1. The molecular weight excluding hydrogens is 240 g/mol. The first-order valence-corrected chi connectivity index (χ1v) is 5.01. The Labute approximate surface area is 102 Å². The van der Waals surface area contributed by atoms with Crippen LogP contribution in [0.2, 0.25) is 0 Å². The van der Waals surface area contributed by atoms with E-state index in [1.165, 1.54) is 11.7 Å². The molecule has 1 unspecified atom stereocenters.